The van der Waals surface area contributed by atoms with Gasteiger partial charge < -0.3 is 19.7 Å². The highest BCUT2D eigenvalue weighted by Crippen LogP contribution is 2.40. The topological polar surface area (TPSA) is 109 Å². The van der Waals surface area contributed by atoms with E-state index < -0.39 is 0 Å². The predicted octanol–water partition coefficient (Wildman–Crippen LogP) is 3.86. The number of aliphatic hydroxyl groups is 1. The molecular formula is C24H27ClN6O3S. The Kier molecular flexibility index (Phi) is 7.07. The summed E-state index contributed by atoms with van der Waals surface area (Å²) in [5.74, 6) is 0.561. The number of hydrogen-bond acceptors (Lipinski definition) is 7. The Morgan fingerprint density at radius 2 is 2.06 bits per heavy atom. The predicted molar refractivity (Wildman–Crippen MR) is 141 cm³/mol. The van der Waals surface area contributed by atoms with E-state index in [1.165, 1.54) is 6.26 Å². The van der Waals surface area contributed by atoms with Gasteiger partial charge in [0.05, 0.1) is 29.2 Å². The maximum Gasteiger partial charge on any atom is 0.277 e. The molecule has 1 atom stereocenters. The minimum atomic E-state index is -0.378. The minimum Gasteiger partial charge on any atom is -0.444 e. The van der Waals surface area contributed by atoms with Gasteiger partial charge in [0, 0.05) is 48.9 Å². The lowest BCUT2D eigenvalue weighted by atomic mass is 10.1. The monoisotopic (exact) mass is 514 g/mol. The number of oxazole rings is 1. The summed E-state index contributed by atoms with van der Waals surface area (Å²) in [5, 5.41) is 18.3. The molecule has 1 saturated heterocycles. The molecule has 9 nitrogen and oxygen atoms in total. The second-order valence-electron chi connectivity index (χ2n) is 8.82. The molecule has 11 heteroatoms. The number of nitrogens with zero attached hydrogens (tertiary/aromatic N) is 5. The van der Waals surface area contributed by atoms with Gasteiger partial charge in [0.15, 0.2) is 5.69 Å². The zero-order valence-electron chi connectivity index (χ0n) is 19.1. The van der Waals surface area contributed by atoms with Crippen molar-refractivity contribution in [3.8, 4) is 11.5 Å². The maximum atomic E-state index is 13.1. The zero-order chi connectivity index (χ0) is 22.5. The smallest absolute Gasteiger partial charge is 0.277 e. The number of anilines is 2. The third-order valence-electron chi connectivity index (χ3n) is 6.38. The van der Waals surface area contributed by atoms with E-state index in [4.69, 9.17) is 4.42 Å². The van der Waals surface area contributed by atoms with Gasteiger partial charge in [0.2, 0.25) is 5.89 Å². The largest absolute Gasteiger partial charge is 0.444 e. The van der Waals surface area contributed by atoms with Gasteiger partial charge in [-0.15, -0.1) is 12.4 Å². The van der Waals surface area contributed by atoms with Crippen molar-refractivity contribution in [2.24, 2.45) is 7.05 Å². The van der Waals surface area contributed by atoms with Crippen LogP contribution >= 0.6 is 25.9 Å². The average molecular weight is 515 g/mol. The number of halogens is 1. The average Bonchev–Trinajstić information content (AvgIpc) is 3.21. The molecule has 3 aromatic heterocycles. The van der Waals surface area contributed by atoms with Gasteiger partial charge in [-0.25, -0.2) is 4.98 Å². The Labute approximate surface area is 215 Å². The standard InChI is InChI=1S/C24H24N6O3.ClH.H2S/c1-29-21-10-19(22(9-16(21)11-26-29)30-7-5-17(31)12-30)27-23(32)20-13-33-24(28-20)15-4-6-25-18(8-15)14-2-3-14;;/h4,6,8-11,13-14,17,31H,2-3,5,7,12H2,1H3,(H,27,32);1H;1H2/t17-;;/m0../s1. The van der Waals surface area contributed by atoms with E-state index in [0.29, 0.717) is 30.5 Å². The summed E-state index contributed by atoms with van der Waals surface area (Å²) in [7, 11) is 1.86. The molecule has 184 valence electrons. The first-order valence-corrected chi connectivity index (χ1v) is 11.2. The van der Waals surface area contributed by atoms with Crippen LogP contribution in [0.15, 0.2) is 47.3 Å². The first-order valence-electron chi connectivity index (χ1n) is 11.2. The summed E-state index contributed by atoms with van der Waals surface area (Å²) < 4.78 is 7.39. The number of hydrogen-bond donors (Lipinski definition) is 2. The lowest BCUT2D eigenvalue weighted by molar-refractivity contribution is 0.102. The van der Waals surface area contributed by atoms with Crippen LogP contribution in [0, 0.1) is 0 Å². The summed E-state index contributed by atoms with van der Waals surface area (Å²) in [6.07, 6.45) is 7.57. The maximum absolute atomic E-state index is 13.1. The van der Waals surface area contributed by atoms with Crippen LogP contribution in [0.1, 0.15) is 41.4 Å². The minimum absolute atomic E-state index is 0. The number of benzene rings is 1. The molecule has 2 fully saturated rings. The van der Waals surface area contributed by atoms with Crippen molar-refractivity contribution in [2.45, 2.75) is 31.3 Å². The van der Waals surface area contributed by atoms with E-state index in [1.807, 2.05) is 31.3 Å². The molecule has 4 heterocycles. The fourth-order valence-electron chi connectivity index (χ4n) is 4.39. The van der Waals surface area contributed by atoms with E-state index in [0.717, 1.165) is 47.2 Å². The highest BCUT2D eigenvalue weighted by molar-refractivity contribution is 7.59. The molecule has 0 bridgehead atoms. The second-order valence-corrected chi connectivity index (χ2v) is 8.82. The second kappa shape index (κ2) is 9.88. The van der Waals surface area contributed by atoms with Gasteiger partial charge in [-0.05, 0) is 43.5 Å². The number of carbonyl (C=O) groups excluding carboxylic acids is 1. The van der Waals surface area contributed by atoms with Crippen LogP contribution in [0.2, 0.25) is 0 Å². The summed E-state index contributed by atoms with van der Waals surface area (Å²) >= 11 is 0. The molecule has 1 amide bonds. The van der Waals surface area contributed by atoms with Crippen LogP contribution < -0.4 is 10.2 Å². The van der Waals surface area contributed by atoms with E-state index in [1.54, 1.807) is 17.1 Å². The number of aliphatic hydroxyl groups excluding tert-OH is 1. The molecule has 0 radical (unpaired) electrons. The summed E-state index contributed by atoms with van der Waals surface area (Å²) in [5.41, 5.74) is 4.46. The van der Waals surface area contributed by atoms with Crippen LogP contribution in [0.3, 0.4) is 0 Å². The molecule has 1 aliphatic heterocycles. The quantitative estimate of drug-likeness (QED) is 0.416. The lowest BCUT2D eigenvalue weighted by Gasteiger charge is -2.22. The van der Waals surface area contributed by atoms with Crippen LogP contribution in [-0.4, -0.2) is 50.0 Å². The van der Waals surface area contributed by atoms with Crippen molar-refractivity contribution in [1.29, 1.82) is 0 Å². The van der Waals surface area contributed by atoms with Gasteiger partial charge >= 0.3 is 0 Å². The third-order valence-corrected chi connectivity index (χ3v) is 6.38. The Hall–Kier alpha value is -3.08. The summed E-state index contributed by atoms with van der Waals surface area (Å²) in [6, 6.07) is 7.73. The number of aryl methyl sites for hydroxylation is 1. The molecule has 0 spiro atoms. The van der Waals surface area contributed by atoms with E-state index in [-0.39, 0.29) is 43.6 Å². The Morgan fingerprint density at radius 3 is 2.80 bits per heavy atom. The van der Waals surface area contributed by atoms with Crippen molar-refractivity contribution in [3.63, 3.8) is 0 Å². The van der Waals surface area contributed by atoms with E-state index in [9.17, 15) is 9.90 Å². The van der Waals surface area contributed by atoms with Crippen LogP contribution in [-0.2, 0) is 7.05 Å². The molecule has 2 N–H and O–H groups in total. The lowest BCUT2D eigenvalue weighted by Crippen LogP contribution is -2.23. The molecular weight excluding hydrogens is 488 g/mol. The van der Waals surface area contributed by atoms with Gasteiger partial charge in [-0.3, -0.25) is 14.5 Å². The fourth-order valence-corrected chi connectivity index (χ4v) is 4.39. The first-order chi connectivity index (χ1) is 16.0. The molecule has 4 aromatic rings. The van der Waals surface area contributed by atoms with Crippen molar-refractivity contribution in [3.05, 3.63) is 54.3 Å². The number of pyridine rings is 1. The Morgan fingerprint density at radius 1 is 1.23 bits per heavy atom. The van der Waals surface area contributed by atoms with Crippen molar-refractivity contribution < 1.29 is 14.3 Å². The Balaban J connectivity index is 0.00000144. The number of carbonyl (C=O) groups is 1. The molecule has 6 rings (SSSR count). The number of rotatable bonds is 5. The summed E-state index contributed by atoms with van der Waals surface area (Å²) in [4.78, 5) is 24.0. The number of amides is 1. The molecule has 1 saturated carbocycles. The van der Waals surface area contributed by atoms with Crippen LogP contribution in [0.25, 0.3) is 22.4 Å². The molecule has 1 aliphatic carbocycles. The summed E-state index contributed by atoms with van der Waals surface area (Å²) in [6.45, 7) is 1.24. The van der Waals surface area contributed by atoms with Crippen LogP contribution in [0.5, 0.6) is 0 Å². The molecule has 1 aromatic carbocycles. The van der Waals surface area contributed by atoms with E-state index in [2.05, 4.69) is 25.3 Å². The van der Waals surface area contributed by atoms with Gasteiger partial charge in [-0.1, -0.05) is 0 Å². The third kappa shape index (κ3) is 4.86. The molecule has 2 aliphatic rings. The van der Waals surface area contributed by atoms with Gasteiger partial charge in [0.25, 0.3) is 5.91 Å². The number of aromatic nitrogens is 4. The van der Waals surface area contributed by atoms with Gasteiger partial charge in [0.1, 0.15) is 6.26 Å². The van der Waals surface area contributed by atoms with Crippen molar-refractivity contribution in [1.82, 2.24) is 19.7 Å². The highest BCUT2D eigenvalue weighted by Gasteiger charge is 2.26. The number of β-amino-alcohol motifs (C(OH)–C–C–N with tert-alkyl or cyclic N) is 1. The van der Waals surface area contributed by atoms with E-state index >= 15 is 0 Å². The highest BCUT2D eigenvalue weighted by atomic mass is 35.5. The normalized spacial score (nSPS) is 17.2. The Bertz CT molecular complexity index is 1370. The van der Waals surface area contributed by atoms with Crippen molar-refractivity contribution in [2.75, 3.05) is 23.3 Å². The first kappa shape index (κ1) is 25.0. The molecule has 0 unspecified atom stereocenters. The zero-order valence-corrected chi connectivity index (χ0v) is 21.0. The van der Waals surface area contributed by atoms with Crippen molar-refractivity contribution >= 4 is 54.1 Å². The number of fused-ring (bicyclic) bond motifs is 1. The van der Waals surface area contributed by atoms with Crippen LogP contribution in [0.4, 0.5) is 11.4 Å². The fraction of sp³-hybridized carbons (Fsp3) is 0.333. The van der Waals surface area contributed by atoms with Gasteiger partial charge in [-0.2, -0.15) is 18.6 Å². The molecule has 35 heavy (non-hydrogen) atoms. The number of nitrogens with one attached hydrogen (secondary N) is 1. The SMILES string of the molecule is Cl.Cn1ncc2cc(N3CC[C@H](O)C3)c(NC(=O)c3coc(-c4ccnc(C5CC5)c4)n3)cc21.S.